The topological polar surface area (TPSA) is 89.3 Å². The second-order valence-electron chi connectivity index (χ2n) is 4.46. The van der Waals surface area contributed by atoms with Crippen LogP contribution in [0, 0.1) is 0 Å². The van der Waals surface area contributed by atoms with E-state index < -0.39 is 20.5 Å². The molecule has 0 aliphatic carbocycles. The van der Waals surface area contributed by atoms with Crippen LogP contribution in [-0.4, -0.2) is 36.9 Å². The van der Waals surface area contributed by atoms with Crippen LogP contribution in [0.1, 0.15) is 33.1 Å². The van der Waals surface area contributed by atoms with Gasteiger partial charge in [0.2, 0.25) is 5.91 Å². The zero-order valence-corrected chi connectivity index (χ0v) is 12.1. The van der Waals surface area contributed by atoms with E-state index in [1.54, 1.807) is 0 Å². The lowest BCUT2D eigenvalue weighted by Gasteiger charge is -2.21. The molecular formula is C10H20N2O3S2. The van der Waals surface area contributed by atoms with Gasteiger partial charge in [0.05, 0.1) is 4.99 Å². The fourth-order valence-corrected chi connectivity index (χ4v) is 1.56. The number of amides is 1. The lowest BCUT2D eigenvalue weighted by molar-refractivity contribution is -0.122. The molecule has 0 heterocycles. The first kappa shape index (κ1) is 16.3. The molecule has 0 aromatic rings. The fourth-order valence-electron chi connectivity index (χ4n) is 1.01. The number of unbranched alkanes of at least 4 members (excludes halogenated alkanes) is 1. The molecule has 0 rings (SSSR count). The van der Waals surface area contributed by atoms with Crippen LogP contribution in [0.25, 0.3) is 0 Å². The van der Waals surface area contributed by atoms with E-state index in [0.29, 0.717) is 18.0 Å². The SMILES string of the molecule is CC(C)(C(=O)NCCCCC(N)=S)S(C)(=O)=O. The Hall–Kier alpha value is -0.690. The molecule has 0 radical (unpaired) electrons. The Bertz CT molecular complexity index is 388. The molecule has 17 heavy (non-hydrogen) atoms. The van der Waals surface area contributed by atoms with Crippen molar-refractivity contribution in [2.24, 2.45) is 5.73 Å². The molecule has 0 atom stereocenters. The normalized spacial score (nSPS) is 12.2. The summed E-state index contributed by atoms with van der Waals surface area (Å²) in [4.78, 5) is 12.1. The lowest BCUT2D eigenvalue weighted by Crippen LogP contribution is -2.47. The van der Waals surface area contributed by atoms with E-state index >= 15 is 0 Å². The molecule has 7 heteroatoms. The van der Waals surface area contributed by atoms with E-state index in [1.807, 2.05) is 0 Å². The largest absolute Gasteiger partial charge is 0.393 e. The summed E-state index contributed by atoms with van der Waals surface area (Å²) >= 11 is 4.72. The van der Waals surface area contributed by atoms with Crippen molar-refractivity contribution < 1.29 is 13.2 Å². The summed E-state index contributed by atoms with van der Waals surface area (Å²) in [6, 6.07) is 0. The Morgan fingerprint density at radius 2 is 1.88 bits per heavy atom. The smallest absolute Gasteiger partial charge is 0.240 e. The standard InChI is InChI=1S/C10H20N2O3S2/c1-10(2,17(3,14)15)9(13)12-7-5-4-6-8(11)16/h4-7H2,1-3H3,(H2,11,16)(H,12,13). The third kappa shape index (κ3) is 5.45. The fraction of sp³-hybridized carbons (Fsp3) is 0.800. The van der Waals surface area contributed by atoms with Gasteiger partial charge in [0.1, 0.15) is 4.75 Å². The van der Waals surface area contributed by atoms with Gasteiger partial charge in [-0.05, 0) is 33.1 Å². The second kappa shape index (κ2) is 6.30. The van der Waals surface area contributed by atoms with Crippen molar-refractivity contribution in [3.8, 4) is 0 Å². The van der Waals surface area contributed by atoms with Crippen LogP contribution in [-0.2, 0) is 14.6 Å². The van der Waals surface area contributed by atoms with E-state index in [2.05, 4.69) is 5.32 Å². The number of hydrogen-bond donors (Lipinski definition) is 2. The average molecular weight is 280 g/mol. The minimum atomic E-state index is -3.41. The van der Waals surface area contributed by atoms with Crippen molar-refractivity contribution in [2.75, 3.05) is 12.8 Å². The number of nitrogens with one attached hydrogen (secondary N) is 1. The number of carbonyl (C=O) groups excluding carboxylic acids is 1. The number of sulfone groups is 1. The average Bonchev–Trinajstić information content (AvgIpc) is 2.14. The maximum Gasteiger partial charge on any atom is 0.240 e. The van der Waals surface area contributed by atoms with E-state index in [4.69, 9.17) is 18.0 Å². The molecule has 100 valence electrons. The van der Waals surface area contributed by atoms with Crippen molar-refractivity contribution in [1.82, 2.24) is 5.32 Å². The van der Waals surface area contributed by atoms with E-state index in [-0.39, 0.29) is 0 Å². The van der Waals surface area contributed by atoms with E-state index in [0.717, 1.165) is 19.1 Å². The molecule has 3 N–H and O–H groups in total. The molecule has 0 aliphatic heterocycles. The van der Waals surface area contributed by atoms with Crippen LogP contribution in [0.2, 0.25) is 0 Å². The molecule has 0 saturated carbocycles. The number of hydrogen-bond acceptors (Lipinski definition) is 4. The molecule has 0 unspecified atom stereocenters. The van der Waals surface area contributed by atoms with Crippen LogP contribution in [0.3, 0.4) is 0 Å². The second-order valence-corrected chi connectivity index (χ2v) is 7.55. The Morgan fingerprint density at radius 1 is 1.35 bits per heavy atom. The Balaban J connectivity index is 4.08. The molecule has 0 aromatic carbocycles. The Kier molecular flexibility index (Phi) is 6.04. The maximum atomic E-state index is 11.7. The monoisotopic (exact) mass is 280 g/mol. The first-order chi connectivity index (χ1) is 7.59. The van der Waals surface area contributed by atoms with Gasteiger partial charge in [-0.3, -0.25) is 4.79 Å². The number of carbonyl (C=O) groups is 1. The highest BCUT2D eigenvalue weighted by atomic mass is 32.2. The highest BCUT2D eigenvalue weighted by Gasteiger charge is 2.37. The third-order valence-corrected chi connectivity index (χ3v) is 4.85. The highest BCUT2D eigenvalue weighted by molar-refractivity contribution is 7.92. The van der Waals surface area contributed by atoms with Crippen molar-refractivity contribution in [2.45, 2.75) is 37.9 Å². The van der Waals surface area contributed by atoms with E-state index in [1.165, 1.54) is 13.8 Å². The van der Waals surface area contributed by atoms with Gasteiger partial charge in [-0.25, -0.2) is 8.42 Å². The zero-order valence-electron chi connectivity index (χ0n) is 10.4. The van der Waals surface area contributed by atoms with Gasteiger partial charge in [0, 0.05) is 12.8 Å². The lowest BCUT2D eigenvalue weighted by atomic mass is 10.2. The Labute approximate surface area is 108 Å². The molecule has 0 saturated heterocycles. The third-order valence-electron chi connectivity index (χ3n) is 2.61. The van der Waals surface area contributed by atoms with Gasteiger partial charge in [0.25, 0.3) is 0 Å². The van der Waals surface area contributed by atoms with Crippen LogP contribution in [0.15, 0.2) is 0 Å². The first-order valence-electron chi connectivity index (χ1n) is 5.35. The maximum absolute atomic E-state index is 11.7. The van der Waals surface area contributed by atoms with Crippen molar-refractivity contribution in [1.29, 1.82) is 0 Å². The molecule has 0 aromatic heterocycles. The van der Waals surface area contributed by atoms with Gasteiger partial charge in [-0.1, -0.05) is 12.2 Å². The molecule has 0 aliphatic rings. The van der Waals surface area contributed by atoms with Crippen LogP contribution in [0.5, 0.6) is 0 Å². The van der Waals surface area contributed by atoms with Gasteiger partial charge >= 0.3 is 0 Å². The molecular weight excluding hydrogens is 260 g/mol. The van der Waals surface area contributed by atoms with Crippen molar-refractivity contribution in [3.05, 3.63) is 0 Å². The minimum Gasteiger partial charge on any atom is -0.393 e. The zero-order chi connectivity index (χ0) is 13.7. The first-order valence-corrected chi connectivity index (χ1v) is 7.65. The van der Waals surface area contributed by atoms with Gasteiger partial charge in [-0.2, -0.15) is 0 Å². The predicted molar refractivity (Wildman–Crippen MR) is 72.6 cm³/mol. The quantitative estimate of drug-likeness (QED) is 0.520. The van der Waals surface area contributed by atoms with Gasteiger partial charge < -0.3 is 11.1 Å². The Morgan fingerprint density at radius 3 is 2.29 bits per heavy atom. The highest BCUT2D eigenvalue weighted by Crippen LogP contribution is 2.14. The number of thiocarbonyl (C=S) groups is 1. The molecule has 0 spiro atoms. The summed E-state index contributed by atoms with van der Waals surface area (Å²) in [7, 11) is -3.41. The van der Waals surface area contributed by atoms with Gasteiger partial charge in [-0.15, -0.1) is 0 Å². The number of rotatable bonds is 7. The summed E-state index contributed by atoms with van der Waals surface area (Å²) in [5.74, 6) is -0.477. The van der Waals surface area contributed by atoms with Crippen LogP contribution >= 0.6 is 12.2 Å². The van der Waals surface area contributed by atoms with Gasteiger partial charge in [0.15, 0.2) is 9.84 Å². The van der Waals surface area contributed by atoms with Crippen LogP contribution < -0.4 is 11.1 Å². The summed E-state index contributed by atoms with van der Waals surface area (Å²) < 4.78 is 21.4. The molecule has 1 amide bonds. The summed E-state index contributed by atoms with van der Waals surface area (Å²) in [5.41, 5.74) is 5.33. The summed E-state index contributed by atoms with van der Waals surface area (Å²) in [5, 5.41) is 2.60. The molecule has 5 nitrogen and oxygen atoms in total. The minimum absolute atomic E-state index is 0.431. The summed E-state index contributed by atoms with van der Waals surface area (Å²) in [6.45, 7) is 3.22. The molecule has 0 bridgehead atoms. The summed E-state index contributed by atoms with van der Waals surface area (Å²) in [6.07, 6.45) is 3.21. The van der Waals surface area contributed by atoms with E-state index in [9.17, 15) is 13.2 Å². The number of nitrogens with two attached hydrogens (primary N) is 1. The van der Waals surface area contributed by atoms with Crippen LogP contribution in [0.4, 0.5) is 0 Å². The molecule has 0 fully saturated rings. The van der Waals surface area contributed by atoms with Crippen molar-refractivity contribution in [3.63, 3.8) is 0 Å². The predicted octanol–water partition coefficient (Wildman–Crippen LogP) is 0.382. The van der Waals surface area contributed by atoms with Crippen molar-refractivity contribution >= 4 is 33.0 Å².